The quantitative estimate of drug-likeness (QED) is 0.723. The van der Waals surface area contributed by atoms with Crippen molar-refractivity contribution in [1.29, 1.82) is 0 Å². The molecule has 21 heavy (non-hydrogen) atoms. The molecule has 0 bridgehead atoms. The molecule has 0 fully saturated rings. The molecule has 2 aromatic rings. The molecule has 1 nitrogen and oxygen atoms in total. The molecule has 0 saturated carbocycles. The molecule has 0 radical (unpaired) electrons. The Labute approximate surface area is 136 Å². The van der Waals surface area contributed by atoms with E-state index in [4.69, 9.17) is 23.2 Å². The van der Waals surface area contributed by atoms with Crippen molar-refractivity contribution < 1.29 is 0 Å². The van der Waals surface area contributed by atoms with Crippen LogP contribution >= 0.6 is 23.2 Å². The van der Waals surface area contributed by atoms with Crippen molar-refractivity contribution in [2.75, 3.05) is 5.32 Å². The van der Waals surface area contributed by atoms with E-state index >= 15 is 0 Å². The van der Waals surface area contributed by atoms with Crippen LogP contribution in [0, 0.1) is 0 Å². The van der Waals surface area contributed by atoms with Gasteiger partial charge in [0.2, 0.25) is 0 Å². The van der Waals surface area contributed by atoms with Crippen LogP contribution in [-0.2, 0) is 12.8 Å². The van der Waals surface area contributed by atoms with Gasteiger partial charge in [-0.05, 0) is 60.2 Å². The lowest BCUT2D eigenvalue weighted by atomic mass is 10.00. The minimum atomic E-state index is 0.215. The maximum atomic E-state index is 6.32. The van der Waals surface area contributed by atoms with E-state index in [2.05, 4.69) is 30.4 Å². The van der Waals surface area contributed by atoms with Crippen LogP contribution in [0.2, 0.25) is 10.0 Å². The van der Waals surface area contributed by atoms with E-state index in [0.29, 0.717) is 0 Å². The number of unbranched alkanes of at least 4 members (excludes halogenated alkanes) is 1. The van der Waals surface area contributed by atoms with E-state index in [9.17, 15) is 0 Å². The number of rotatable bonds is 4. The largest absolute Gasteiger partial charge is 0.378 e. The van der Waals surface area contributed by atoms with Crippen molar-refractivity contribution in [3.8, 4) is 0 Å². The van der Waals surface area contributed by atoms with Crippen molar-refractivity contribution in [1.82, 2.24) is 0 Å². The van der Waals surface area contributed by atoms with E-state index in [1.54, 1.807) is 0 Å². The first-order valence-electron chi connectivity index (χ1n) is 7.50. The predicted octanol–water partition coefficient (Wildman–Crippen LogP) is 6.05. The van der Waals surface area contributed by atoms with Crippen molar-refractivity contribution >= 4 is 28.9 Å². The molecule has 3 rings (SSSR count). The maximum absolute atomic E-state index is 6.32. The number of fused-ring (bicyclic) bond motifs is 1. The maximum Gasteiger partial charge on any atom is 0.0570 e. The Morgan fingerprint density at radius 1 is 1.14 bits per heavy atom. The van der Waals surface area contributed by atoms with Crippen LogP contribution in [-0.4, -0.2) is 0 Å². The van der Waals surface area contributed by atoms with Gasteiger partial charge in [0.1, 0.15) is 0 Å². The lowest BCUT2D eigenvalue weighted by Gasteiger charge is -2.13. The van der Waals surface area contributed by atoms with Crippen LogP contribution in [0.1, 0.15) is 42.5 Å². The summed E-state index contributed by atoms with van der Waals surface area (Å²) >= 11 is 12.4. The number of aryl methyl sites for hydroxylation is 1. The summed E-state index contributed by atoms with van der Waals surface area (Å²) < 4.78 is 0. The molecule has 0 aliphatic carbocycles. The molecule has 1 atom stereocenters. The van der Waals surface area contributed by atoms with Gasteiger partial charge in [-0.3, -0.25) is 0 Å². The average Bonchev–Trinajstić information content (AvgIpc) is 2.90. The standard InChI is InChI=1S/C18H19Cl2N/c1-2-3-4-12-5-8-17-13(9-12)10-18(21-17)15-11-14(19)6-7-16(15)20/h5-9,11,18,21H,2-4,10H2,1H3. The summed E-state index contributed by atoms with van der Waals surface area (Å²) in [5, 5.41) is 5.07. The van der Waals surface area contributed by atoms with Gasteiger partial charge in [0.15, 0.2) is 0 Å². The number of benzene rings is 2. The summed E-state index contributed by atoms with van der Waals surface area (Å²) in [5.41, 5.74) is 5.10. The fourth-order valence-corrected chi connectivity index (χ4v) is 3.35. The molecule has 1 heterocycles. The number of hydrogen-bond acceptors (Lipinski definition) is 1. The summed E-state index contributed by atoms with van der Waals surface area (Å²) in [6, 6.07) is 12.6. The molecule has 3 heteroatoms. The molecule has 1 aliphatic rings. The highest BCUT2D eigenvalue weighted by Crippen LogP contribution is 2.38. The summed E-state index contributed by atoms with van der Waals surface area (Å²) in [5.74, 6) is 0. The molecular weight excluding hydrogens is 301 g/mol. The van der Waals surface area contributed by atoms with Crippen LogP contribution in [0.15, 0.2) is 36.4 Å². The summed E-state index contributed by atoms with van der Waals surface area (Å²) in [7, 11) is 0. The third-order valence-electron chi connectivity index (χ3n) is 4.08. The van der Waals surface area contributed by atoms with Crippen LogP contribution in [0.5, 0.6) is 0 Å². The molecule has 0 amide bonds. The number of hydrogen-bond donors (Lipinski definition) is 1. The smallest absolute Gasteiger partial charge is 0.0570 e. The molecule has 110 valence electrons. The first-order valence-corrected chi connectivity index (χ1v) is 8.26. The van der Waals surface area contributed by atoms with Gasteiger partial charge in [0.25, 0.3) is 0 Å². The van der Waals surface area contributed by atoms with Crippen molar-refractivity contribution in [3.63, 3.8) is 0 Å². The SMILES string of the molecule is CCCCc1ccc2c(c1)CC(c1cc(Cl)ccc1Cl)N2. The zero-order chi connectivity index (χ0) is 14.8. The Balaban J connectivity index is 1.82. The Hall–Kier alpha value is -1.18. The number of halogens is 2. The normalized spacial score (nSPS) is 16.6. The monoisotopic (exact) mass is 319 g/mol. The van der Waals surface area contributed by atoms with Crippen LogP contribution < -0.4 is 5.32 Å². The topological polar surface area (TPSA) is 12.0 Å². The zero-order valence-electron chi connectivity index (χ0n) is 12.1. The molecular formula is C18H19Cl2N. The highest BCUT2D eigenvalue weighted by Gasteiger charge is 2.24. The van der Waals surface area contributed by atoms with E-state index in [1.807, 2.05) is 18.2 Å². The fourth-order valence-electron chi connectivity index (χ4n) is 2.92. The Kier molecular flexibility index (Phi) is 4.42. The Morgan fingerprint density at radius 2 is 2.00 bits per heavy atom. The van der Waals surface area contributed by atoms with Gasteiger partial charge in [-0.25, -0.2) is 0 Å². The predicted molar refractivity (Wildman–Crippen MR) is 91.6 cm³/mol. The van der Waals surface area contributed by atoms with E-state index in [-0.39, 0.29) is 6.04 Å². The number of nitrogens with one attached hydrogen (secondary N) is 1. The highest BCUT2D eigenvalue weighted by atomic mass is 35.5. The Bertz CT molecular complexity index is 652. The van der Waals surface area contributed by atoms with Gasteiger partial charge in [0.05, 0.1) is 6.04 Å². The first-order chi connectivity index (χ1) is 10.2. The van der Waals surface area contributed by atoms with Crippen molar-refractivity contribution in [3.05, 3.63) is 63.1 Å². The van der Waals surface area contributed by atoms with Gasteiger partial charge >= 0.3 is 0 Å². The lowest BCUT2D eigenvalue weighted by molar-refractivity contribution is 0.792. The second-order valence-corrected chi connectivity index (χ2v) is 6.51. The van der Waals surface area contributed by atoms with Crippen LogP contribution in [0.3, 0.4) is 0 Å². The van der Waals surface area contributed by atoms with Crippen molar-refractivity contribution in [2.45, 2.75) is 38.6 Å². The van der Waals surface area contributed by atoms with E-state index in [1.165, 1.54) is 29.7 Å². The van der Waals surface area contributed by atoms with Gasteiger partial charge in [0, 0.05) is 15.7 Å². The lowest BCUT2D eigenvalue weighted by Crippen LogP contribution is -2.06. The van der Waals surface area contributed by atoms with Gasteiger partial charge in [-0.15, -0.1) is 0 Å². The van der Waals surface area contributed by atoms with Crippen LogP contribution in [0.25, 0.3) is 0 Å². The van der Waals surface area contributed by atoms with E-state index in [0.717, 1.165) is 28.5 Å². The second kappa shape index (κ2) is 6.29. The highest BCUT2D eigenvalue weighted by molar-refractivity contribution is 6.33. The number of anilines is 1. The summed E-state index contributed by atoms with van der Waals surface area (Å²) in [6.07, 6.45) is 4.60. The van der Waals surface area contributed by atoms with Gasteiger partial charge in [-0.2, -0.15) is 0 Å². The molecule has 1 aliphatic heterocycles. The second-order valence-electron chi connectivity index (χ2n) is 5.66. The minimum Gasteiger partial charge on any atom is -0.378 e. The summed E-state index contributed by atoms with van der Waals surface area (Å²) in [4.78, 5) is 0. The van der Waals surface area contributed by atoms with E-state index < -0.39 is 0 Å². The van der Waals surface area contributed by atoms with Crippen molar-refractivity contribution in [2.24, 2.45) is 0 Å². The molecule has 0 spiro atoms. The average molecular weight is 320 g/mol. The molecule has 0 saturated heterocycles. The Morgan fingerprint density at radius 3 is 2.81 bits per heavy atom. The zero-order valence-corrected chi connectivity index (χ0v) is 13.6. The fraction of sp³-hybridized carbons (Fsp3) is 0.333. The van der Waals surface area contributed by atoms with Crippen LogP contribution in [0.4, 0.5) is 5.69 Å². The first kappa shape index (κ1) is 14.7. The van der Waals surface area contributed by atoms with Gasteiger partial charge in [-0.1, -0.05) is 48.7 Å². The minimum absolute atomic E-state index is 0.215. The summed E-state index contributed by atoms with van der Waals surface area (Å²) in [6.45, 7) is 2.23. The molecule has 1 N–H and O–H groups in total. The van der Waals surface area contributed by atoms with Gasteiger partial charge < -0.3 is 5.32 Å². The third kappa shape index (κ3) is 3.20. The third-order valence-corrected chi connectivity index (χ3v) is 4.66. The molecule has 2 aromatic carbocycles. The molecule has 0 aromatic heterocycles. The molecule has 1 unspecified atom stereocenters.